The number of ether oxygens (including phenoxy) is 1. The first kappa shape index (κ1) is 23.9. The summed E-state index contributed by atoms with van der Waals surface area (Å²) in [5.41, 5.74) is 0. The molecule has 2 saturated heterocycles. The second-order valence-electron chi connectivity index (χ2n) is 7.44. The zero-order valence-electron chi connectivity index (χ0n) is 17.0. The number of hydrogen-bond donors (Lipinski definition) is 2. The van der Waals surface area contributed by atoms with Crippen molar-refractivity contribution in [3.8, 4) is 0 Å². The first-order valence-corrected chi connectivity index (χ1v) is 10.2. The van der Waals surface area contributed by atoms with Crippen molar-refractivity contribution >= 4 is 29.9 Å². The zero-order chi connectivity index (χ0) is 17.9. The number of aliphatic imine (C=N–C) groups is 1. The third kappa shape index (κ3) is 8.27. The van der Waals surface area contributed by atoms with Crippen LogP contribution in [0.2, 0.25) is 0 Å². The van der Waals surface area contributed by atoms with Gasteiger partial charge in [0.05, 0.1) is 6.61 Å². The van der Waals surface area contributed by atoms with Crippen LogP contribution in [0.3, 0.4) is 0 Å². The van der Waals surface area contributed by atoms with E-state index in [1.807, 2.05) is 7.05 Å². The molecule has 0 amide bonds. The predicted octanol–water partition coefficient (Wildman–Crippen LogP) is 2.14. The van der Waals surface area contributed by atoms with Gasteiger partial charge in [0.1, 0.15) is 0 Å². The third-order valence-electron chi connectivity index (χ3n) is 5.67. The number of methoxy groups -OCH3 is 1. The molecule has 0 spiro atoms. The van der Waals surface area contributed by atoms with Crippen LogP contribution < -0.4 is 10.6 Å². The summed E-state index contributed by atoms with van der Waals surface area (Å²) < 4.78 is 5.22. The molecule has 2 aliphatic heterocycles. The Kier molecular flexibility index (Phi) is 12.8. The van der Waals surface area contributed by atoms with E-state index in [1.54, 1.807) is 7.11 Å². The summed E-state index contributed by atoms with van der Waals surface area (Å²) in [4.78, 5) is 9.53. The van der Waals surface area contributed by atoms with Gasteiger partial charge in [-0.05, 0) is 52.1 Å². The van der Waals surface area contributed by atoms with Gasteiger partial charge in [0.25, 0.3) is 0 Å². The molecular formula is C19H40IN5O. The van der Waals surface area contributed by atoms with Crippen LogP contribution in [0.1, 0.15) is 45.4 Å². The number of guanidine groups is 1. The number of piperidine rings is 1. The van der Waals surface area contributed by atoms with Gasteiger partial charge >= 0.3 is 0 Å². The first-order chi connectivity index (χ1) is 12.2. The summed E-state index contributed by atoms with van der Waals surface area (Å²) in [6, 6.07) is 1.36. The standard InChI is InChI=1S/C19H39N5O.HI/c1-17-8-4-5-11-23(17)13-7-10-21-19(20-2)22-16-18-9-6-12-24(18)14-15-25-3;/h17-18H,4-16H2,1-3H3,(H2,20,21,22);1H. The minimum Gasteiger partial charge on any atom is -0.383 e. The van der Waals surface area contributed by atoms with Gasteiger partial charge in [0.15, 0.2) is 5.96 Å². The monoisotopic (exact) mass is 481 g/mol. The third-order valence-corrected chi connectivity index (χ3v) is 5.67. The Bertz CT molecular complexity index is 396. The number of rotatable bonds is 9. The molecule has 0 aliphatic carbocycles. The van der Waals surface area contributed by atoms with E-state index in [9.17, 15) is 0 Å². The van der Waals surface area contributed by atoms with Crippen LogP contribution in [-0.2, 0) is 4.74 Å². The van der Waals surface area contributed by atoms with Crippen molar-refractivity contribution in [1.29, 1.82) is 0 Å². The summed E-state index contributed by atoms with van der Waals surface area (Å²) in [7, 11) is 3.64. The van der Waals surface area contributed by atoms with E-state index in [-0.39, 0.29) is 24.0 Å². The highest BCUT2D eigenvalue weighted by Gasteiger charge is 2.24. The summed E-state index contributed by atoms with van der Waals surface area (Å²) in [5, 5.41) is 6.98. The van der Waals surface area contributed by atoms with Gasteiger partial charge in [0.2, 0.25) is 0 Å². The molecule has 0 saturated carbocycles. The van der Waals surface area contributed by atoms with Gasteiger partial charge in [0, 0.05) is 52.4 Å². The molecule has 2 aliphatic rings. The molecule has 0 aromatic carbocycles. The highest BCUT2D eigenvalue weighted by Crippen LogP contribution is 2.16. The molecule has 2 N–H and O–H groups in total. The topological polar surface area (TPSA) is 52.1 Å². The molecule has 2 rings (SSSR count). The highest BCUT2D eigenvalue weighted by molar-refractivity contribution is 14.0. The van der Waals surface area contributed by atoms with Crippen LogP contribution in [0.15, 0.2) is 4.99 Å². The Labute approximate surface area is 177 Å². The minimum absolute atomic E-state index is 0. The smallest absolute Gasteiger partial charge is 0.191 e. The molecular weight excluding hydrogens is 441 g/mol. The van der Waals surface area contributed by atoms with Gasteiger partial charge < -0.3 is 20.3 Å². The van der Waals surface area contributed by atoms with Crippen LogP contribution in [0.4, 0.5) is 0 Å². The maximum absolute atomic E-state index is 5.22. The highest BCUT2D eigenvalue weighted by atomic mass is 127. The van der Waals surface area contributed by atoms with Crippen LogP contribution in [0.25, 0.3) is 0 Å². The molecule has 0 aromatic rings. The quantitative estimate of drug-likeness (QED) is 0.229. The Morgan fingerprint density at radius 1 is 1.08 bits per heavy atom. The minimum atomic E-state index is 0. The lowest BCUT2D eigenvalue weighted by atomic mass is 10.0. The number of nitrogens with one attached hydrogen (secondary N) is 2. The summed E-state index contributed by atoms with van der Waals surface area (Å²) in [6.45, 7) is 9.82. The van der Waals surface area contributed by atoms with E-state index in [0.717, 1.165) is 38.2 Å². The van der Waals surface area contributed by atoms with Gasteiger partial charge in [-0.2, -0.15) is 0 Å². The molecule has 2 fully saturated rings. The van der Waals surface area contributed by atoms with Crippen molar-refractivity contribution in [2.45, 2.75) is 57.5 Å². The molecule has 0 aromatic heterocycles. The van der Waals surface area contributed by atoms with Gasteiger partial charge in [-0.25, -0.2) is 0 Å². The fourth-order valence-corrected chi connectivity index (χ4v) is 4.04. The molecule has 0 radical (unpaired) electrons. The zero-order valence-corrected chi connectivity index (χ0v) is 19.3. The summed E-state index contributed by atoms with van der Waals surface area (Å²) in [6.07, 6.45) is 7.85. The van der Waals surface area contributed by atoms with Crippen molar-refractivity contribution in [3.63, 3.8) is 0 Å². The maximum atomic E-state index is 5.22. The van der Waals surface area contributed by atoms with Gasteiger partial charge in [-0.15, -0.1) is 24.0 Å². The van der Waals surface area contributed by atoms with E-state index in [1.165, 1.54) is 58.2 Å². The lowest BCUT2D eigenvalue weighted by molar-refractivity contribution is 0.141. The number of nitrogens with zero attached hydrogens (tertiary/aromatic N) is 3. The lowest BCUT2D eigenvalue weighted by Crippen LogP contribution is -2.46. The van der Waals surface area contributed by atoms with E-state index in [4.69, 9.17) is 4.74 Å². The van der Waals surface area contributed by atoms with Crippen molar-refractivity contribution in [1.82, 2.24) is 20.4 Å². The second kappa shape index (κ2) is 14.0. The Balaban J connectivity index is 0.00000338. The molecule has 2 atom stereocenters. The molecule has 2 heterocycles. The van der Waals surface area contributed by atoms with E-state index >= 15 is 0 Å². The normalized spacial score (nSPS) is 25.1. The fourth-order valence-electron chi connectivity index (χ4n) is 4.04. The van der Waals surface area contributed by atoms with E-state index < -0.39 is 0 Å². The average Bonchev–Trinajstić information content (AvgIpc) is 3.08. The van der Waals surface area contributed by atoms with Crippen molar-refractivity contribution in [2.24, 2.45) is 4.99 Å². The molecule has 26 heavy (non-hydrogen) atoms. The molecule has 0 bridgehead atoms. The largest absolute Gasteiger partial charge is 0.383 e. The molecule has 6 nitrogen and oxygen atoms in total. The van der Waals surface area contributed by atoms with E-state index in [0.29, 0.717) is 6.04 Å². The van der Waals surface area contributed by atoms with Crippen LogP contribution in [0, 0.1) is 0 Å². The van der Waals surface area contributed by atoms with Crippen molar-refractivity contribution in [2.75, 3.05) is 60.0 Å². The molecule has 2 unspecified atom stereocenters. The lowest BCUT2D eigenvalue weighted by Gasteiger charge is -2.33. The predicted molar refractivity (Wildman–Crippen MR) is 121 cm³/mol. The Morgan fingerprint density at radius 3 is 2.62 bits per heavy atom. The number of likely N-dealkylation sites (tertiary alicyclic amines) is 2. The van der Waals surface area contributed by atoms with Crippen LogP contribution in [0.5, 0.6) is 0 Å². The summed E-state index contributed by atoms with van der Waals surface area (Å²) in [5.74, 6) is 0.935. The second-order valence-corrected chi connectivity index (χ2v) is 7.44. The van der Waals surface area contributed by atoms with Crippen LogP contribution >= 0.6 is 24.0 Å². The van der Waals surface area contributed by atoms with Crippen molar-refractivity contribution in [3.05, 3.63) is 0 Å². The first-order valence-electron chi connectivity index (χ1n) is 10.2. The Morgan fingerprint density at radius 2 is 1.88 bits per heavy atom. The van der Waals surface area contributed by atoms with Crippen LogP contribution in [-0.4, -0.2) is 87.9 Å². The number of halogens is 1. The molecule has 7 heteroatoms. The summed E-state index contributed by atoms with van der Waals surface area (Å²) >= 11 is 0. The average molecular weight is 481 g/mol. The SMILES string of the molecule is CN=C(NCCCN1CCCCC1C)NCC1CCCN1CCOC.I. The Hall–Kier alpha value is -0.120. The van der Waals surface area contributed by atoms with E-state index in [2.05, 4.69) is 32.3 Å². The van der Waals surface area contributed by atoms with Crippen molar-refractivity contribution < 1.29 is 4.74 Å². The van der Waals surface area contributed by atoms with Gasteiger partial charge in [-0.1, -0.05) is 6.42 Å². The molecule has 154 valence electrons. The van der Waals surface area contributed by atoms with Gasteiger partial charge in [-0.3, -0.25) is 9.89 Å². The fraction of sp³-hybridized carbons (Fsp3) is 0.947. The maximum Gasteiger partial charge on any atom is 0.191 e. The number of hydrogen-bond acceptors (Lipinski definition) is 4.